The zero-order valence-electron chi connectivity index (χ0n) is 15.0. The number of benzene rings is 2. The topological polar surface area (TPSA) is 65.0 Å². The second kappa shape index (κ2) is 7.92. The highest BCUT2D eigenvalue weighted by molar-refractivity contribution is 5.88. The van der Waals surface area contributed by atoms with E-state index in [1.165, 1.54) is 24.8 Å². The van der Waals surface area contributed by atoms with Crippen LogP contribution in [-0.2, 0) is 5.41 Å². The molecule has 0 aliphatic rings. The van der Waals surface area contributed by atoms with Gasteiger partial charge in [-0.25, -0.2) is 4.79 Å². The van der Waals surface area contributed by atoms with Gasteiger partial charge < -0.3 is 19.3 Å². The Morgan fingerprint density at radius 3 is 2.16 bits per heavy atom. The first-order valence-corrected chi connectivity index (χ1v) is 8.09. The fraction of sp³-hybridized carbons (Fsp3) is 0.350. The van der Waals surface area contributed by atoms with Crippen molar-refractivity contribution >= 4 is 5.97 Å². The molecule has 0 fully saturated rings. The van der Waals surface area contributed by atoms with Gasteiger partial charge in [-0.15, -0.1) is 0 Å². The van der Waals surface area contributed by atoms with E-state index in [-0.39, 0.29) is 17.6 Å². The van der Waals surface area contributed by atoms with E-state index in [1.807, 2.05) is 12.1 Å². The third-order valence-corrected chi connectivity index (χ3v) is 3.74. The van der Waals surface area contributed by atoms with Gasteiger partial charge in [0.1, 0.15) is 19.0 Å². The number of carboxylic acid groups (broad SMARTS) is 1. The van der Waals surface area contributed by atoms with E-state index in [0.717, 1.165) is 5.75 Å². The summed E-state index contributed by atoms with van der Waals surface area (Å²) in [4.78, 5) is 11.0. The largest absolute Gasteiger partial charge is 0.493 e. The molecule has 5 nitrogen and oxygen atoms in total. The van der Waals surface area contributed by atoms with E-state index in [4.69, 9.17) is 19.3 Å². The van der Waals surface area contributed by atoms with Gasteiger partial charge >= 0.3 is 5.97 Å². The molecular formula is C20H24O5. The number of carbonyl (C=O) groups is 1. The summed E-state index contributed by atoms with van der Waals surface area (Å²) in [6.45, 7) is 7.11. The normalized spacial score (nSPS) is 11.0. The van der Waals surface area contributed by atoms with Crippen molar-refractivity contribution in [2.45, 2.75) is 26.2 Å². The van der Waals surface area contributed by atoms with Crippen LogP contribution in [0.3, 0.4) is 0 Å². The van der Waals surface area contributed by atoms with E-state index < -0.39 is 5.97 Å². The molecule has 0 aromatic heterocycles. The highest BCUT2D eigenvalue weighted by Crippen LogP contribution is 2.28. The fourth-order valence-corrected chi connectivity index (χ4v) is 2.28. The van der Waals surface area contributed by atoms with Crippen molar-refractivity contribution in [2.24, 2.45) is 0 Å². The predicted molar refractivity (Wildman–Crippen MR) is 96.1 cm³/mol. The van der Waals surface area contributed by atoms with E-state index in [9.17, 15) is 4.79 Å². The molecule has 2 aromatic carbocycles. The maximum absolute atomic E-state index is 11.0. The third kappa shape index (κ3) is 5.14. The molecule has 0 heterocycles. The first-order chi connectivity index (χ1) is 11.8. The Labute approximate surface area is 148 Å². The lowest BCUT2D eigenvalue weighted by Gasteiger charge is -2.19. The summed E-state index contributed by atoms with van der Waals surface area (Å²) in [6, 6.07) is 12.5. The van der Waals surface area contributed by atoms with Crippen molar-refractivity contribution in [3.63, 3.8) is 0 Å². The number of hydrogen-bond donors (Lipinski definition) is 1. The minimum atomic E-state index is -1.01. The Bertz CT molecular complexity index is 714. The van der Waals surface area contributed by atoms with E-state index in [1.54, 1.807) is 6.07 Å². The summed E-state index contributed by atoms with van der Waals surface area (Å²) in [6.07, 6.45) is 0. The summed E-state index contributed by atoms with van der Waals surface area (Å²) in [5, 5.41) is 9.05. The summed E-state index contributed by atoms with van der Waals surface area (Å²) in [5.74, 6) is 0.624. The Kier molecular flexibility index (Phi) is 5.91. The van der Waals surface area contributed by atoms with Crippen LogP contribution >= 0.6 is 0 Å². The van der Waals surface area contributed by atoms with Gasteiger partial charge in [-0.05, 0) is 41.3 Å². The molecule has 25 heavy (non-hydrogen) atoms. The first-order valence-electron chi connectivity index (χ1n) is 8.09. The molecule has 0 saturated heterocycles. The van der Waals surface area contributed by atoms with Gasteiger partial charge in [0.2, 0.25) is 0 Å². The quantitative estimate of drug-likeness (QED) is 0.765. The highest BCUT2D eigenvalue weighted by atomic mass is 16.5. The number of ether oxygens (including phenoxy) is 3. The van der Waals surface area contributed by atoms with Gasteiger partial charge in [0.05, 0.1) is 12.7 Å². The summed E-state index contributed by atoms with van der Waals surface area (Å²) < 4.78 is 16.5. The molecule has 0 unspecified atom stereocenters. The lowest BCUT2D eigenvalue weighted by atomic mass is 9.87. The van der Waals surface area contributed by atoms with Crippen LogP contribution in [0.25, 0.3) is 0 Å². The Morgan fingerprint density at radius 1 is 0.960 bits per heavy atom. The molecular weight excluding hydrogens is 320 g/mol. The molecule has 0 radical (unpaired) electrons. The van der Waals surface area contributed by atoms with Crippen LogP contribution < -0.4 is 14.2 Å². The summed E-state index contributed by atoms with van der Waals surface area (Å²) in [7, 11) is 1.51. The van der Waals surface area contributed by atoms with Crippen LogP contribution in [-0.4, -0.2) is 31.4 Å². The van der Waals surface area contributed by atoms with Crippen LogP contribution in [0.1, 0.15) is 36.7 Å². The first kappa shape index (κ1) is 18.6. The second-order valence-corrected chi connectivity index (χ2v) is 6.64. The zero-order valence-corrected chi connectivity index (χ0v) is 15.0. The molecule has 2 rings (SSSR count). The molecule has 5 heteroatoms. The summed E-state index contributed by atoms with van der Waals surface area (Å²) >= 11 is 0. The number of aromatic carboxylic acids is 1. The van der Waals surface area contributed by atoms with Gasteiger partial charge in [-0.2, -0.15) is 0 Å². The van der Waals surface area contributed by atoms with Gasteiger partial charge in [-0.1, -0.05) is 32.9 Å². The van der Waals surface area contributed by atoms with Gasteiger partial charge in [0, 0.05) is 0 Å². The molecule has 0 bridgehead atoms. The number of hydrogen-bond acceptors (Lipinski definition) is 4. The Balaban J connectivity index is 1.91. The van der Waals surface area contributed by atoms with Crippen LogP contribution in [0, 0.1) is 0 Å². The maximum Gasteiger partial charge on any atom is 0.335 e. The molecule has 134 valence electrons. The lowest BCUT2D eigenvalue weighted by Crippen LogP contribution is -2.12. The van der Waals surface area contributed by atoms with Crippen molar-refractivity contribution < 1.29 is 24.1 Å². The van der Waals surface area contributed by atoms with Crippen molar-refractivity contribution in [3.05, 3.63) is 53.6 Å². The Hall–Kier alpha value is -2.69. The molecule has 0 spiro atoms. The van der Waals surface area contributed by atoms with Crippen molar-refractivity contribution in [2.75, 3.05) is 20.3 Å². The van der Waals surface area contributed by atoms with Crippen LogP contribution in [0.5, 0.6) is 17.2 Å². The Morgan fingerprint density at radius 2 is 1.60 bits per heavy atom. The zero-order chi connectivity index (χ0) is 18.4. The standard InChI is InChI=1S/C20H24O5/c1-20(2,3)15-6-8-16(9-7-15)24-11-12-25-18-13-14(19(21)22)5-10-17(18)23-4/h5-10,13H,11-12H2,1-4H3,(H,21,22). The average Bonchev–Trinajstić information content (AvgIpc) is 2.58. The van der Waals surface area contributed by atoms with E-state index >= 15 is 0 Å². The van der Waals surface area contributed by atoms with Crippen LogP contribution in [0.2, 0.25) is 0 Å². The van der Waals surface area contributed by atoms with E-state index in [2.05, 4.69) is 32.9 Å². The monoisotopic (exact) mass is 344 g/mol. The molecule has 0 aliphatic carbocycles. The SMILES string of the molecule is COc1ccc(C(=O)O)cc1OCCOc1ccc(C(C)(C)C)cc1. The average molecular weight is 344 g/mol. The third-order valence-electron chi connectivity index (χ3n) is 3.74. The maximum atomic E-state index is 11.0. The smallest absolute Gasteiger partial charge is 0.335 e. The van der Waals surface area contributed by atoms with E-state index in [0.29, 0.717) is 18.1 Å². The molecule has 2 aromatic rings. The number of methoxy groups -OCH3 is 1. The predicted octanol–water partition coefficient (Wildman–Crippen LogP) is 4.15. The second-order valence-electron chi connectivity index (χ2n) is 6.64. The number of carboxylic acids is 1. The fourth-order valence-electron chi connectivity index (χ4n) is 2.28. The lowest BCUT2D eigenvalue weighted by molar-refractivity contribution is 0.0696. The van der Waals surface area contributed by atoms with Gasteiger partial charge in [-0.3, -0.25) is 0 Å². The van der Waals surface area contributed by atoms with Crippen molar-refractivity contribution in [3.8, 4) is 17.2 Å². The minimum Gasteiger partial charge on any atom is -0.493 e. The molecule has 0 atom stereocenters. The number of rotatable bonds is 7. The van der Waals surface area contributed by atoms with Gasteiger partial charge in [0.15, 0.2) is 11.5 Å². The molecule has 0 amide bonds. The molecule has 0 aliphatic heterocycles. The summed E-state index contributed by atoms with van der Waals surface area (Å²) in [5.41, 5.74) is 1.49. The molecule has 0 saturated carbocycles. The molecule has 1 N–H and O–H groups in total. The minimum absolute atomic E-state index is 0.105. The van der Waals surface area contributed by atoms with Crippen molar-refractivity contribution in [1.29, 1.82) is 0 Å². The van der Waals surface area contributed by atoms with Crippen molar-refractivity contribution in [1.82, 2.24) is 0 Å². The van der Waals surface area contributed by atoms with Gasteiger partial charge in [0.25, 0.3) is 0 Å². The van der Waals surface area contributed by atoms with Crippen LogP contribution in [0.15, 0.2) is 42.5 Å². The van der Waals surface area contributed by atoms with Crippen LogP contribution in [0.4, 0.5) is 0 Å². The highest BCUT2D eigenvalue weighted by Gasteiger charge is 2.13.